The van der Waals surface area contributed by atoms with E-state index in [-0.39, 0.29) is 11.2 Å². The Balaban J connectivity index is 2.26. The van der Waals surface area contributed by atoms with E-state index >= 15 is 0 Å². The van der Waals surface area contributed by atoms with Crippen LogP contribution >= 0.6 is 34.2 Å². The van der Waals surface area contributed by atoms with Crippen molar-refractivity contribution in [2.75, 3.05) is 0 Å². The summed E-state index contributed by atoms with van der Waals surface area (Å²) in [7, 11) is 0. The molecule has 3 heteroatoms. The first-order valence-corrected chi connectivity index (χ1v) is 6.83. The topological polar surface area (TPSA) is 17.1 Å². The highest BCUT2D eigenvalue weighted by Crippen LogP contribution is 2.26. The molecule has 1 aliphatic rings. The summed E-state index contributed by atoms with van der Waals surface area (Å²) in [5.74, 6) is 0.103. The van der Waals surface area contributed by atoms with Gasteiger partial charge < -0.3 is 0 Å². The van der Waals surface area contributed by atoms with Crippen LogP contribution in [0, 0.1) is 3.57 Å². The summed E-state index contributed by atoms with van der Waals surface area (Å²) in [5, 5.41) is -0.317. The molecule has 0 N–H and O–H groups in total. The fraction of sp³-hybridized carbons (Fsp3) is 0.308. The number of carbonyl (C=O) groups is 1. The van der Waals surface area contributed by atoms with Gasteiger partial charge in [-0.1, -0.05) is 12.1 Å². The van der Waals surface area contributed by atoms with Gasteiger partial charge in [-0.3, -0.25) is 4.79 Å². The minimum Gasteiger partial charge on any atom is -0.293 e. The van der Waals surface area contributed by atoms with E-state index in [4.69, 9.17) is 11.6 Å². The molecule has 0 spiro atoms. The fourth-order valence-corrected chi connectivity index (χ4v) is 2.73. The molecule has 1 nitrogen and oxygen atoms in total. The minimum atomic E-state index is -0.317. The predicted octanol–water partition coefficient (Wildman–Crippen LogP) is 4.04. The third kappa shape index (κ3) is 2.86. The summed E-state index contributed by atoms with van der Waals surface area (Å²) in [6.07, 6.45) is 4.65. The molecule has 1 atom stereocenters. The maximum Gasteiger partial charge on any atom is 0.176 e. The number of carbonyl (C=O) groups excluding carboxylic acids is 1. The Labute approximate surface area is 114 Å². The summed E-state index contributed by atoms with van der Waals surface area (Å²) < 4.78 is 1.18. The van der Waals surface area contributed by atoms with Crippen molar-refractivity contribution < 1.29 is 4.79 Å². The Bertz CT molecular complexity index is 439. The number of hydrogen-bond acceptors (Lipinski definition) is 1. The van der Waals surface area contributed by atoms with Crippen LogP contribution in [0.4, 0.5) is 0 Å². The quantitative estimate of drug-likeness (QED) is 0.426. The predicted molar refractivity (Wildman–Crippen MR) is 75.6 cm³/mol. The van der Waals surface area contributed by atoms with Gasteiger partial charge in [-0.2, -0.15) is 0 Å². The van der Waals surface area contributed by atoms with Crippen LogP contribution in [0.25, 0.3) is 6.08 Å². The Morgan fingerprint density at radius 1 is 1.44 bits per heavy atom. The monoisotopic (exact) mass is 346 g/mol. The molecule has 2 rings (SSSR count). The van der Waals surface area contributed by atoms with Crippen LogP contribution in [0.5, 0.6) is 0 Å². The summed E-state index contributed by atoms with van der Waals surface area (Å²) in [6, 6.07) is 8.12. The number of alkyl halides is 1. The number of allylic oxidation sites excluding steroid dienone is 1. The van der Waals surface area contributed by atoms with Gasteiger partial charge in [-0.05, 0) is 71.2 Å². The lowest BCUT2D eigenvalue weighted by Crippen LogP contribution is -2.21. The van der Waals surface area contributed by atoms with E-state index in [9.17, 15) is 4.79 Å². The molecular weight excluding hydrogens is 334 g/mol. The second kappa shape index (κ2) is 5.32. The van der Waals surface area contributed by atoms with Crippen LogP contribution in [0.3, 0.4) is 0 Å². The Morgan fingerprint density at radius 2 is 2.25 bits per heavy atom. The molecule has 1 aliphatic carbocycles. The third-order valence-electron chi connectivity index (χ3n) is 2.69. The van der Waals surface area contributed by atoms with Crippen molar-refractivity contribution in [2.24, 2.45) is 0 Å². The average molecular weight is 347 g/mol. The van der Waals surface area contributed by atoms with Crippen LogP contribution < -0.4 is 0 Å². The molecule has 0 aliphatic heterocycles. The van der Waals surface area contributed by atoms with Gasteiger partial charge >= 0.3 is 0 Å². The molecule has 84 valence electrons. The lowest BCUT2D eigenvalue weighted by Gasteiger charge is -2.17. The van der Waals surface area contributed by atoms with Crippen LogP contribution in [0.15, 0.2) is 29.8 Å². The molecule has 16 heavy (non-hydrogen) atoms. The molecule has 0 heterocycles. The van der Waals surface area contributed by atoms with Gasteiger partial charge in [0.15, 0.2) is 5.78 Å². The smallest absolute Gasteiger partial charge is 0.176 e. The number of rotatable bonds is 1. The Hall–Kier alpha value is -0.350. The van der Waals surface area contributed by atoms with Crippen molar-refractivity contribution in [2.45, 2.75) is 24.6 Å². The molecule has 0 amide bonds. The van der Waals surface area contributed by atoms with E-state index in [1.807, 2.05) is 24.3 Å². The molecule has 1 aromatic carbocycles. The molecule has 0 aromatic heterocycles. The van der Waals surface area contributed by atoms with Gasteiger partial charge in [0.25, 0.3) is 0 Å². The minimum absolute atomic E-state index is 0.103. The first-order chi connectivity index (χ1) is 7.66. The lowest BCUT2D eigenvalue weighted by molar-refractivity contribution is -0.116. The van der Waals surface area contributed by atoms with Crippen LogP contribution in [-0.4, -0.2) is 11.2 Å². The summed E-state index contributed by atoms with van der Waals surface area (Å²) in [4.78, 5) is 11.8. The molecule has 0 bridgehead atoms. The van der Waals surface area contributed by atoms with Crippen molar-refractivity contribution in [3.05, 3.63) is 39.0 Å². The number of Topliss-reactive ketones (excluding diaryl/α,β-unsaturated/α-hetero) is 1. The Morgan fingerprint density at radius 3 is 3.00 bits per heavy atom. The van der Waals surface area contributed by atoms with Gasteiger partial charge in [0.05, 0.1) is 5.38 Å². The van der Waals surface area contributed by atoms with E-state index in [0.717, 1.165) is 30.4 Å². The number of halogens is 2. The maximum atomic E-state index is 11.8. The highest BCUT2D eigenvalue weighted by atomic mass is 127. The lowest BCUT2D eigenvalue weighted by atomic mass is 9.92. The first-order valence-electron chi connectivity index (χ1n) is 5.31. The molecule has 0 saturated heterocycles. The molecule has 0 radical (unpaired) electrons. The average Bonchev–Trinajstić information content (AvgIpc) is 2.25. The van der Waals surface area contributed by atoms with Gasteiger partial charge in [0.2, 0.25) is 0 Å². The summed E-state index contributed by atoms with van der Waals surface area (Å²) in [5.41, 5.74) is 1.95. The second-order valence-electron chi connectivity index (χ2n) is 3.95. The maximum absolute atomic E-state index is 11.8. The van der Waals surface area contributed by atoms with Crippen LogP contribution in [0.1, 0.15) is 24.8 Å². The summed E-state index contributed by atoms with van der Waals surface area (Å²) >= 11 is 8.24. The number of benzene rings is 1. The molecule has 1 saturated carbocycles. The number of hydrogen-bond donors (Lipinski definition) is 0. The van der Waals surface area contributed by atoms with E-state index < -0.39 is 0 Å². The molecule has 1 aromatic rings. The van der Waals surface area contributed by atoms with E-state index in [2.05, 4.69) is 28.7 Å². The largest absolute Gasteiger partial charge is 0.293 e. The molecule has 1 fully saturated rings. The first kappa shape index (κ1) is 12.1. The Kier molecular flexibility index (Phi) is 4.03. The zero-order chi connectivity index (χ0) is 11.5. The van der Waals surface area contributed by atoms with Crippen LogP contribution in [0.2, 0.25) is 0 Å². The van der Waals surface area contributed by atoms with Gasteiger partial charge in [-0.15, -0.1) is 11.6 Å². The number of ketones is 1. The molecule has 1 unspecified atom stereocenters. The van der Waals surface area contributed by atoms with E-state index in [1.54, 1.807) is 0 Å². The van der Waals surface area contributed by atoms with Crippen LogP contribution in [-0.2, 0) is 4.79 Å². The van der Waals surface area contributed by atoms with Crippen molar-refractivity contribution >= 4 is 46.1 Å². The van der Waals surface area contributed by atoms with E-state index in [0.29, 0.717) is 0 Å². The highest BCUT2D eigenvalue weighted by molar-refractivity contribution is 14.1. The van der Waals surface area contributed by atoms with Crippen molar-refractivity contribution in [3.63, 3.8) is 0 Å². The highest BCUT2D eigenvalue weighted by Gasteiger charge is 2.24. The normalized spacial score (nSPS) is 23.8. The van der Waals surface area contributed by atoms with E-state index in [1.165, 1.54) is 3.57 Å². The molecular formula is C13H12ClIO. The second-order valence-corrected chi connectivity index (χ2v) is 5.72. The standard InChI is InChI=1S/C13H12ClIO/c14-12-6-2-4-10(13(12)16)7-9-3-1-5-11(15)8-9/h1,3,5,7-8,12H,2,4,6H2. The van der Waals surface area contributed by atoms with Gasteiger partial charge in [-0.25, -0.2) is 0 Å². The van der Waals surface area contributed by atoms with Gasteiger partial charge in [0.1, 0.15) is 0 Å². The fourth-order valence-electron chi connectivity index (χ4n) is 1.87. The van der Waals surface area contributed by atoms with Crippen molar-refractivity contribution in [1.82, 2.24) is 0 Å². The van der Waals surface area contributed by atoms with Crippen molar-refractivity contribution in [3.8, 4) is 0 Å². The third-order valence-corrected chi connectivity index (χ3v) is 3.78. The van der Waals surface area contributed by atoms with Gasteiger partial charge in [0, 0.05) is 3.57 Å². The zero-order valence-electron chi connectivity index (χ0n) is 8.75. The summed E-state index contributed by atoms with van der Waals surface area (Å²) in [6.45, 7) is 0. The van der Waals surface area contributed by atoms with Crippen molar-refractivity contribution in [1.29, 1.82) is 0 Å². The SMILES string of the molecule is O=C1C(=Cc2cccc(I)c2)CCCC1Cl. The zero-order valence-corrected chi connectivity index (χ0v) is 11.7.